The molecule has 0 spiro atoms. The maximum absolute atomic E-state index is 8.88. The minimum absolute atomic E-state index is 0.00512. The topological polar surface area (TPSA) is 106 Å². The monoisotopic (exact) mass is 226 g/mol. The van der Waals surface area contributed by atoms with Crippen LogP contribution in [0.2, 0.25) is 0 Å². The summed E-state index contributed by atoms with van der Waals surface area (Å²) in [6.07, 6.45) is 0.583. The van der Waals surface area contributed by atoms with Crippen LogP contribution in [0, 0.1) is 0 Å². The maximum atomic E-state index is 8.88. The Morgan fingerprint density at radius 2 is 2.25 bits per heavy atom. The summed E-state index contributed by atoms with van der Waals surface area (Å²) in [6.45, 7) is 0.581. The number of rotatable bonds is 6. The van der Waals surface area contributed by atoms with Gasteiger partial charge < -0.3 is 26.6 Å². The summed E-state index contributed by atoms with van der Waals surface area (Å²) in [5.41, 5.74) is 11.6. The van der Waals surface area contributed by atoms with Crippen molar-refractivity contribution in [1.82, 2.24) is 4.98 Å². The summed E-state index contributed by atoms with van der Waals surface area (Å²) in [5.74, 6) is 0.923. The Bertz CT molecular complexity index is 327. The number of nitrogen functional groups attached to an aromatic ring is 2. The van der Waals surface area contributed by atoms with Crippen LogP contribution in [0.4, 0.5) is 17.3 Å². The molecular formula is C10H18N4O2. The SMILES string of the molecule is COCC(CCO)Nc1ccc(N)c(N)n1. The normalized spacial score (nSPS) is 12.4. The van der Waals surface area contributed by atoms with Crippen molar-refractivity contribution in [3.05, 3.63) is 12.1 Å². The molecule has 1 unspecified atom stereocenters. The summed E-state index contributed by atoms with van der Waals surface area (Å²) >= 11 is 0. The van der Waals surface area contributed by atoms with Gasteiger partial charge in [-0.1, -0.05) is 0 Å². The fourth-order valence-electron chi connectivity index (χ4n) is 1.33. The lowest BCUT2D eigenvalue weighted by Crippen LogP contribution is -2.26. The van der Waals surface area contributed by atoms with Crippen molar-refractivity contribution in [2.45, 2.75) is 12.5 Å². The van der Waals surface area contributed by atoms with Crippen LogP contribution in [0.5, 0.6) is 0 Å². The van der Waals surface area contributed by atoms with Gasteiger partial charge in [-0.2, -0.15) is 0 Å². The van der Waals surface area contributed by atoms with E-state index in [2.05, 4.69) is 10.3 Å². The molecule has 1 rings (SSSR count). The first-order valence-corrected chi connectivity index (χ1v) is 5.05. The predicted octanol–water partition coefficient (Wildman–Crippen LogP) is 0.0553. The molecule has 16 heavy (non-hydrogen) atoms. The van der Waals surface area contributed by atoms with Crippen molar-refractivity contribution in [2.75, 3.05) is 37.1 Å². The lowest BCUT2D eigenvalue weighted by atomic mass is 10.2. The number of nitrogens with one attached hydrogen (secondary N) is 1. The number of aliphatic hydroxyl groups excluding tert-OH is 1. The van der Waals surface area contributed by atoms with Gasteiger partial charge in [0.1, 0.15) is 11.6 Å². The third-order valence-corrected chi connectivity index (χ3v) is 2.15. The Balaban J connectivity index is 2.65. The van der Waals surface area contributed by atoms with E-state index in [1.165, 1.54) is 0 Å². The van der Waals surface area contributed by atoms with E-state index < -0.39 is 0 Å². The highest BCUT2D eigenvalue weighted by Gasteiger charge is 2.08. The van der Waals surface area contributed by atoms with Crippen LogP contribution in [0.1, 0.15) is 6.42 Å². The molecule has 0 saturated heterocycles. The quantitative estimate of drug-likeness (QED) is 0.546. The van der Waals surface area contributed by atoms with Crippen molar-refractivity contribution in [3.63, 3.8) is 0 Å². The standard InChI is InChI=1S/C10H18N4O2/c1-16-6-7(4-5-15)13-9-3-2-8(11)10(12)14-9/h2-3,7,15H,4-6,11H2,1H3,(H3,12,13,14). The van der Waals surface area contributed by atoms with Crippen molar-refractivity contribution in [2.24, 2.45) is 0 Å². The fourth-order valence-corrected chi connectivity index (χ4v) is 1.33. The molecule has 1 heterocycles. The van der Waals surface area contributed by atoms with E-state index in [0.717, 1.165) is 0 Å². The average molecular weight is 226 g/mol. The molecule has 6 heteroatoms. The molecule has 0 aromatic carbocycles. The molecule has 1 aromatic rings. The van der Waals surface area contributed by atoms with Crippen LogP contribution < -0.4 is 16.8 Å². The van der Waals surface area contributed by atoms with Crippen molar-refractivity contribution in [3.8, 4) is 0 Å². The molecule has 0 aliphatic carbocycles. The number of aromatic nitrogens is 1. The molecule has 1 atom stereocenters. The number of methoxy groups -OCH3 is 1. The first-order chi connectivity index (χ1) is 7.67. The van der Waals surface area contributed by atoms with Crippen LogP contribution in [0.3, 0.4) is 0 Å². The summed E-state index contributed by atoms with van der Waals surface area (Å²) in [4.78, 5) is 4.08. The van der Waals surface area contributed by atoms with Gasteiger partial charge in [-0.3, -0.25) is 0 Å². The molecule has 0 bridgehead atoms. The van der Waals surface area contributed by atoms with E-state index in [-0.39, 0.29) is 12.6 Å². The molecule has 6 N–H and O–H groups in total. The molecule has 0 aliphatic rings. The minimum Gasteiger partial charge on any atom is -0.396 e. The molecule has 6 nitrogen and oxygen atoms in total. The smallest absolute Gasteiger partial charge is 0.149 e. The van der Waals surface area contributed by atoms with Crippen LogP contribution in [-0.2, 0) is 4.74 Å². The van der Waals surface area contributed by atoms with Gasteiger partial charge in [-0.25, -0.2) is 4.98 Å². The van der Waals surface area contributed by atoms with Gasteiger partial charge in [0.05, 0.1) is 18.3 Å². The average Bonchev–Trinajstić information content (AvgIpc) is 2.24. The lowest BCUT2D eigenvalue weighted by molar-refractivity contribution is 0.170. The lowest BCUT2D eigenvalue weighted by Gasteiger charge is -2.17. The van der Waals surface area contributed by atoms with Gasteiger partial charge in [-0.05, 0) is 18.6 Å². The second kappa shape index (κ2) is 6.14. The predicted molar refractivity (Wildman–Crippen MR) is 64.1 cm³/mol. The molecular weight excluding hydrogens is 208 g/mol. The van der Waals surface area contributed by atoms with Crippen LogP contribution >= 0.6 is 0 Å². The van der Waals surface area contributed by atoms with Crippen molar-refractivity contribution in [1.29, 1.82) is 0 Å². The molecule has 1 aromatic heterocycles. The van der Waals surface area contributed by atoms with Gasteiger partial charge in [0.2, 0.25) is 0 Å². The Labute approximate surface area is 94.6 Å². The third kappa shape index (κ3) is 3.56. The Hall–Kier alpha value is -1.53. The number of nitrogens with zero attached hydrogens (tertiary/aromatic N) is 1. The van der Waals surface area contributed by atoms with Crippen LogP contribution in [0.15, 0.2) is 12.1 Å². The highest BCUT2D eigenvalue weighted by molar-refractivity contribution is 5.61. The Morgan fingerprint density at radius 1 is 1.50 bits per heavy atom. The van der Waals surface area contributed by atoms with Crippen molar-refractivity contribution < 1.29 is 9.84 Å². The van der Waals surface area contributed by atoms with E-state index in [1.807, 2.05) is 0 Å². The number of ether oxygens (including phenoxy) is 1. The van der Waals surface area contributed by atoms with E-state index in [4.69, 9.17) is 21.3 Å². The van der Waals surface area contributed by atoms with Gasteiger partial charge in [0.25, 0.3) is 0 Å². The minimum atomic E-state index is 0.00512. The molecule has 0 radical (unpaired) electrons. The van der Waals surface area contributed by atoms with E-state index in [1.54, 1.807) is 19.2 Å². The highest BCUT2D eigenvalue weighted by atomic mass is 16.5. The number of aliphatic hydroxyl groups is 1. The summed E-state index contributed by atoms with van der Waals surface area (Å²) < 4.78 is 5.03. The number of anilines is 3. The fraction of sp³-hybridized carbons (Fsp3) is 0.500. The summed E-state index contributed by atoms with van der Waals surface area (Å²) in [6, 6.07) is 3.43. The number of nitrogens with two attached hydrogens (primary N) is 2. The number of hydrogen-bond donors (Lipinski definition) is 4. The zero-order chi connectivity index (χ0) is 12.0. The van der Waals surface area contributed by atoms with Crippen LogP contribution in [0.25, 0.3) is 0 Å². The summed E-state index contributed by atoms with van der Waals surface area (Å²) in [7, 11) is 1.61. The largest absolute Gasteiger partial charge is 0.396 e. The van der Waals surface area contributed by atoms with Gasteiger partial charge >= 0.3 is 0 Å². The molecule has 0 aliphatic heterocycles. The molecule has 0 amide bonds. The second-order valence-electron chi connectivity index (χ2n) is 3.48. The highest BCUT2D eigenvalue weighted by Crippen LogP contribution is 2.15. The number of pyridine rings is 1. The second-order valence-corrected chi connectivity index (χ2v) is 3.48. The first-order valence-electron chi connectivity index (χ1n) is 5.05. The van der Waals surface area contributed by atoms with Gasteiger partial charge in [0.15, 0.2) is 0 Å². The first kappa shape index (κ1) is 12.5. The maximum Gasteiger partial charge on any atom is 0.149 e. The Morgan fingerprint density at radius 3 is 2.81 bits per heavy atom. The van der Waals surface area contributed by atoms with Gasteiger partial charge in [-0.15, -0.1) is 0 Å². The summed E-state index contributed by atoms with van der Waals surface area (Å²) in [5, 5.41) is 12.0. The number of hydrogen-bond acceptors (Lipinski definition) is 6. The van der Waals surface area contributed by atoms with E-state index in [9.17, 15) is 0 Å². The zero-order valence-corrected chi connectivity index (χ0v) is 9.31. The van der Waals surface area contributed by atoms with Gasteiger partial charge in [0, 0.05) is 13.7 Å². The third-order valence-electron chi connectivity index (χ3n) is 2.15. The van der Waals surface area contributed by atoms with Crippen molar-refractivity contribution >= 4 is 17.3 Å². The van der Waals surface area contributed by atoms with E-state index in [0.29, 0.717) is 30.4 Å². The zero-order valence-electron chi connectivity index (χ0n) is 9.31. The Kier molecular flexibility index (Phi) is 4.81. The van der Waals surface area contributed by atoms with Crippen LogP contribution in [-0.4, -0.2) is 36.5 Å². The molecule has 90 valence electrons. The van der Waals surface area contributed by atoms with E-state index >= 15 is 0 Å². The molecule has 0 fully saturated rings. The molecule has 0 saturated carbocycles.